The van der Waals surface area contributed by atoms with Crippen LogP contribution in [0.4, 0.5) is 5.82 Å². The van der Waals surface area contributed by atoms with Crippen molar-refractivity contribution in [1.29, 1.82) is 0 Å². The fourth-order valence-electron chi connectivity index (χ4n) is 3.78. The fraction of sp³-hybridized carbons (Fsp3) is 0.500. The molecule has 140 valence electrons. The maximum Gasteiger partial charge on any atom is 0.165 e. The molecule has 0 atom stereocenters. The van der Waals surface area contributed by atoms with Crippen molar-refractivity contribution in [2.45, 2.75) is 31.7 Å². The maximum atomic E-state index is 12.2. The normalized spacial score (nSPS) is 20.4. The molecule has 2 aromatic rings. The van der Waals surface area contributed by atoms with Crippen LogP contribution in [0.5, 0.6) is 0 Å². The number of Topliss-reactive ketones (excluding diaryl/α,β-unsaturated/α-hetero) is 1. The molecule has 2 heterocycles. The lowest BCUT2D eigenvalue weighted by Gasteiger charge is -2.35. The first-order valence-electron chi connectivity index (χ1n) is 9.22. The molecule has 0 spiro atoms. The highest BCUT2D eigenvalue weighted by molar-refractivity contribution is 6.02. The summed E-state index contributed by atoms with van der Waals surface area (Å²) >= 11 is 0. The van der Waals surface area contributed by atoms with E-state index >= 15 is 0 Å². The molecule has 0 amide bonds. The van der Waals surface area contributed by atoms with Crippen molar-refractivity contribution in [1.82, 2.24) is 9.88 Å². The van der Waals surface area contributed by atoms with E-state index in [0.29, 0.717) is 5.78 Å². The van der Waals surface area contributed by atoms with Gasteiger partial charge in [0, 0.05) is 49.1 Å². The number of hydrogen-bond acceptors (Lipinski definition) is 4. The van der Waals surface area contributed by atoms with Gasteiger partial charge in [0.1, 0.15) is 5.82 Å². The van der Waals surface area contributed by atoms with Crippen molar-refractivity contribution in [3.63, 3.8) is 0 Å². The van der Waals surface area contributed by atoms with Crippen LogP contribution in [-0.4, -0.2) is 47.9 Å². The summed E-state index contributed by atoms with van der Waals surface area (Å²) in [6.07, 6.45) is 4.88. The molecule has 4 nitrogen and oxygen atoms in total. The molecule has 5 rings (SSSR count). The van der Waals surface area contributed by atoms with Gasteiger partial charge in [0.05, 0.1) is 5.52 Å². The highest BCUT2D eigenvalue weighted by Gasteiger charge is 2.32. The number of anilines is 1. The molecular weight excluding hydrogens is 369 g/mol. The molecule has 1 aliphatic heterocycles. The molecule has 0 radical (unpaired) electrons. The molecule has 1 aromatic carbocycles. The molecule has 0 N–H and O–H groups in total. The van der Waals surface area contributed by atoms with E-state index in [-0.39, 0.29) is 30.7 Å². The van der Waals surface area contributed by atoms with E-state index in [2.05, 4.69) is 21.9 Å². The number of pyridine rings is 1. The number of rotatable bonds is 4. The molecule has 2 aliphatic carbocycles. The fourth-order valence-corrected chi connectivity index (χ4v) is 3.78. The molecule has 6 heteroatoms. The van der Waals surface area contributed by atoms with Crippen LogP contribution in [0.1, 0.15) is 36.0 Å². The van der Waals surface area contributed by atoms with E-state index in [1.165, 1.54) is 12.8 Å². The quantitative estimate of drug-likeness (QED) is 0.736. The number of halogens is 2. The number of aromatic nitrogens is 1. The minimum Gasteiger partial charge on any atom is -0.354 e. The lowest BCUT2D eigenvalue weighted by Crippen LogP contribution is -2.47. The number of piperazine rings is 1. The number of ketones is 1. The summed E-state index contributed by atoms with van der Waals surface area (Å²) in [5, 5.41) is 1.07. The molecule has 0 bridgehead atoms. The summed E-state index contributed by atoms with van der Waals surface area (Å²) in [5.74, 6) is 1.65. The Kier molecular flexibility index (Phi) is 5.75. The Bertz CT molecular complexity index is 797. The second kappa shape index (κ2) is 7.71. The molecule has 0 unspecified atom stereocenters. The number of carbonyl (C=O) groups excluding carboxylic acids is 1. The van der Waals surface area contributed by atoms with Gasteiger partial charge in [-0.25, -0.2) is 4.98 Å². The van der Waals surface area contributed by atoms with Crippen LogP contribution in [0.15, 0.2) is 30.3 Å². The van der Waals surface area contributed by atoms with Crippen LogP contribution in [0.2, 0.25) is 0 Å². The van der Waals surface area contributed by atoms with Crippen LogP contribution < -0.4 is 4.90 Å². The highest BCUT2D eigenvalue weighted by atomic mass is 35.5. The summed E-state index contributed by atoms with van der Waals surface area (Å²) < 4.78 is 0. The van der Waals surface area contributed by atoms with Crippen LogP contribution in [-0.2, 0) is 0 Å². The van der Waals surface area contributed by atoms with E-state index in [1.54, 1.807) is 0 Å². The van der Waals surface area contributed by atoms with Crippen molar-refractivity contribution in [2.24, 2.45) is 5.92 Å². The molecule has 1 aromatic heterocycles. The lowest BCUT2D eigenvalue weighted by molar-refractivity contribution is 0.0968. The minimum absolute atomic E-state index is 0. The van der Waals surface area contributed by atoms with E-state index in [0.717, 1.165) is 67.3 Å². The Labute approximate surface area is 166 Å². The summed E-state index contributed by atoms with van der Waals surface area (Å²) in [4.78, 5) is 22.1. The summed E-state index contributed by atoms with van der Waals surface area (Å²) in [5.41, 5.74) is 1.84. The Hall–Kier alpha value is -1.36. The first-order valence-corrected chi connectivity index (χ1v) is 9.22. The van der Waals surface area contributed by atoms with Crippen molar-refractivity contribution in [2.75, 3.05) is 31.1 Å². The number of hydrogen-bond donors (Lipinski definition) is 0. The Morgan fingerprint density at radius 1 is 0.923 bits per heavy atom. The van der Waals surface area contributed by atoms with Crippen LogP contribution >= 0.6 is 24.8 Å². The smallest absolute Gasteiger partial charge is 0.165 e. The van der Waals surface area contributed by atoms with E-state index in [9.17, 15) is 4.79 Å². The van der Waals surface area contributed by atoms with Gasteiger partial charge in [-0.2, -0.15) is 0 Å². The standard InChI is InChI=1S/C20H23N3O.2ClH/c24-20(14-1-2-14)16-3-7-18-15(13-16)4-8-19(21-18)23-11-9-22(10-12-23)17-5-6-17;;/h3-4,7-8,13-14,17H,1-2,5-6,9-12H2;2*1H. The van der Waals surface area contributed by atoms with Crippen molar-refractivity contribution >= 4 is 47.3 Å². The number of carbonyl (C=O) groups is 1. The monoisotopic (exact) mass is 393 g/mol. The van der Waals surface area contributed by atoms with Crippen LogP contribution in [0, 0.1) is 5.92 Å². The zero-order valence-corrected chi connectivity index (χ0v) is 16.4. The molecule has 1 saturated heterocycles. The Morgan fingerprint density at radius 2 is 1.65 bits per heavy atom. The van der Waals surface area contributed by atoms with E-state index in [4.69, 9.17) is 4.98 Å². The highest BCUT2D eigenvalue weighted by Crippen LogP contribution is 2.33. The topological polar surface area (TPSA) is 36.4 Å². The zero-order valence-electron chi connectivity index (χ0n) is 14.8. The zero-order chi connectivity index (χ0) is 16.1. The summed E-state index contributed by atoms with van der Waals surface area (Å²) in [6.45, 7) is 4.43. The second-order valence-electron chi connectivity index (χ2n) is 7.47. The number of nitrogens with zero attached hydrogens (tertiary/aromatic N) is 3. The predicted octanol–water partition coefficient (Wildman–Crippen LogP) is 3.96. The van der Waals surface area contributed by atoms with Gasteiger partial charge >= 0.3 is 0 Å². The van der Waals surface area contributed by atoms with Gasteiger partial charge in [0.2, 0.25) is 0 Å². The van der Waals surface area contributed by atoms with E-state index in [1.807, 2.05) is 18.2 Å². The lowest BCUT2D eigenvalue weighted by atomic mass is 10.0. The third kappa shape index (κ3) is 3.83. The predicted molar refractivity (Wildman–Crippen MR) is 110 cm³/mol. The van der Waals surface area contributed by atoms with Gasteiger partial charge in [0.25, 0.3) is 0 Å². The van der Waals surface area contributed by atoms with E-state index < -0.39 is 0 Å². The number of benzene rings is 1. The average Bonchev–Trinajstić information content (AvgIpc) is 3.52. The third-order valence-electron chi connectivity index (χ3n) is 5.61. The molecular formula is C20H25Cl2N3O. The summed E-state index contributed by atoms with van der Waals surface area (Å²) in [7, 11) is 0. The molecule has 3 aliphatic rings. The average molecular weight is 394 g/mol. The molecule has 26 heavy (non-hydrogen) atoms. The Morgan fingerprint density at radius 3 is 2.31 bits per heavy atom. The number of fused-ring (bicyclic) bond motifs is 1. The Balaban J connectivity index is 0.000000980. The molecule has 2 saturated carbocycles. The SMILES string of the molecule is Cl.Cl.O=C(c1ccc2nc(N3CCN(C4CC4)CC3)ccc2c1)C1CC1. The minimum atomic E-state index is 0. The van der Waals surface area contributed by atoms with Gasteiger partial charge < -0.3 is 4.90 Å². The van der Waals surface area contributed by atoms with Crippen molar-refractivity contribution in [3.8, 4) is 0 Å². The summed E-state index contributed by atoms with van der Waals surface area (Å²) in [6, 6.07) is 11.1. The largest absolute Gasteiger partial charge is 0.354 e. The second-order valence-corrected chi connectivity index (χ2v) is 7.47. The van der Waals surface area contributed by atoms with Crippen LogP contribution in [0.3, 0.4) is 0 Å². The third-order valence-corrected chi connectivity index (χ3v) is 5.61. The van der Waals surface area contributed by atoms with Gasteiger partial charge in [-0.05, 0) is 56.0 Å². The van der Waals surface area contributed by atoms with Crippen molar-refractivity contribution < 1.29 is 4.79 Å². The van der Waals surface area contributed by atoms with Crippen LogP contribution in [0.25, 0.3) is 10.9 Å². The van der Waals surface area contributed by atoms with Crippen molar-refractivity contribution in [3.05, 3.63) is 35.9 Å². The molecule has 3 fully saturated rings. The van der Waals surface area contributed by atoms with Gasteiger partial charge in [0.15, 0.2) is 5.78 Å². The maximum absolute atomic E-state index is 12.2. The van der Waals surface area contributed by atoms with Gasteiger partial charge in [-0.3, -0.25) is 9.69 Å². The van der Waals surface area contributed by atoms with Gasteiger partial charge in [-0.1, -0.05) is 0 Å². The van der Waals surface area contributed by atoms with Gasteiger partial charge in [-0.15, -0.1) is 24.8 Å². The first kappa shape index (κ1) is 19.4. The first-order chi connectivity index (χ1) is 11.8.